The van der Waals surface area contributed by atoms with E-state index < -0.39 is 32.5 Å². The van der Waals surface area contributed by atoms with Crippen LogP contribution in [-0.4, -0.2) is 38.1 Å². The van der Waals surface area contributed by atoms with Crippen molar-refractivity contribution in [3.63, 3.8) is 0 Å². The molecule has 0 heterocycles. The second-order valence-electron chi connectivity index (χ2n) is 11.5. The second kappa shape index (κ2) is 25.8. The predicted molar refractivity (Wildman–Crippen MR) is 179 cm³/mol. The van der Waals surface area contributed by atoms with E-state index in [0.717, 1.165) is 57.4 Å². The van der Waals surface area contributed by atoms with Crippen molar-refractivity contribution in [1.29, 1.82) is 0 Å². The van der Waals surface area contributed by atoms with E-state index in [0.29, 0.717) is 12.8 Å². The van der Waals surface area contributed by atoms with Crippen molar-refractivity contribution in [3.05, 3.63) is 53.6 Å². The number of hydrogen-bond acceptors (Lipinski definition) is 6. The van der Waals surface area contributed by atoms with Crippen molar-refractivity contribution in [3.8, 4) is 0 Å². The highest BCUT2D eigenvalue weighted by atomic mass is 32.2. The summed E-state index contributed by atoms with van der Waals surface area (Å²) in [5.74, 6) is -1.78. The lowest BCUT2D eigenvalue weighted by atomic mass is 10.1. The van der Waals surface area contributed by atoms with Gasteiger partial charge in [0.05, 0.1) is 24.3 Å². The van der Waals surface area contributed by atoms with Gasteiger partial charge in [-0.05, 0) is 89.2 Å². The Morgan fingerprint density at radius 2 is 1.02 bits per heavy atom. The van der Waals surface area contributed by atoms with Crippen molar-refractivity contribution in [2.24, 2.45) is 0 Å². The van der Waals surface area contributed by atoms with E-state index in [-0.39, 0.29) is 18.8 Å². The average Bonchev–Trinajstić information content (AvgIpc) is 3.00. The molecule has 0 unspecified atom stereocenters. The Kier molecular flexibility index (Phi) is 23.2. The average molecular weight is 635 g/mol. The van der Waals surface area contributed by atoms with E-state index in [1.165, 1.54) is 76.3 Å². The molecule has 8 heteroatoms. The molecule has 44 heavy (non-hydrogen) atoms. The number of rotatable bonds is 27. The van der Waals surface area contributed by atoms with Gasteiger partial charge in [-0.1, -0.05) is 95.6 Å². The minimum absolute atomic E-state index is 0.0849. The molecular formula is C36H58O7S. The quantitative estimate of drug-likeness (QED) is 0.0444. The monoisotopic (exact) mass is 634 g/mol. The third kappa shape index (κ3) is 19.0. The molecule has 7 nitrogen and oxygen atoms in total. The molecule has 0 aliphatic carbocycles. The fraction of sp³-hybridized carbons (Fsp3) is 0.667. The highest BCUT2D eigenvalue weighted by Gasteiger charge is 2.28. The number of unbranched alkanes of at least 4 members (excludes halogenated alkanes) is 16. The Bertz CT molecular complexity index is 1080. The summed E-state index contributed by atoms with van der Waals surface area (Å²) in [6, 6.07) is 3.69. The second-order valence-corrected chi connectivity index (χ2v) is 12.9. The summed E-state index contributed by atoms with van der Waals surface area (Å²) in [5, 5.41) is 0. The molecule has 0 amide bonds. The van der Waals surface area contributed by atoms with E-state index in [9.17, 15) is 22.6 Å². The first kappa shape index (κ1) is 39.6. The van der Waals surface area contributed by atoms with Crippen LogP contribution in [0.5, 0.6) is 0 Å². The summed E-state index contributed by atoms with van der Waals surface area (Å²) in [4.78, 5) is 25.1. The Labute approximate surface area is 267 Å². The lowest BCUT2D eigenvalue weighted by Crippen LogP contribution is -2.19. The van der Waals surface area contributed by atoms with Crippen molar-refractivity contribution in [2.45, 2.75) is 147 Å². The van der Waals surface area contributed by atoms with Gasteiger partial charge in [0, 0.05) is 0 Å². The van der Waals surface area contributed by atoms with Gasteiger partial charge in [-0.3, -0.25) is 4.55 Å². The Morgan fingerprint density at radius 1 is 0.614 bits per heavy atom. The van der Waals surface area contributed by atoms with Gasteiger partial charge >= 0.3 is 11.9 Å². The third-order valence-corrected chi connectivity index (χ3v) is 8.40. The standard InChI is InChI=1S/C36H58O7S/c1-3-5-7-9-11-13-15-17-19-21-23-25-30-42-35(37)32-28-27-29-33(44(39,40)41)34(32)36(38)43-31-26-24-22-20-18-16-14-12-10-8-6-4-2/h15-18,27-29H,3-14,19-26,30-31H2,1-2H3,(H,39,40,41)/b17-15+,18-16+. The third-order valence-electron chi connectivity index (χ3n) is 7.51. The summed E-state index contributed by atoms with van der Waals surface area (Å²) in [7, 11) is -4.76. The molecule has 0 radical (unpaired) electrons. The first-order valence-electron chi connectivity index (χ1n) is 17.1. The number of allylic oxidation sites excluding steroid dienone is 4. The van der Waals surface area contributed by atoms with Crippen molar-refractivity contribution in [1.82, 2.24) is 0 Å². The number of benzene rings is 1. The zero-order valence-corrected chi connectivity index (χ0v) is 28.2. The zero-order valence-electron chi connectivity index (χ0n) is 27.4. The highest BCUT2D eigenvalue weighted by molar-refractivity contribution is 7.86. The normalized spacial score (nSPS) is 11.9. The molecule has 0 saturated carbocycles. The van der Waals surface area contributed by atoms with Crippen LogP contribution in [-0.2, 0) is 19.6 Å². The van der Waals surface area contributed by atoms with E-state index in [2.05, 4.69) is 38.2 Å². The van der Waals surface area contributed by atoms with Crippen molar-refractivity contribution >= 4 is 22.1 Å². The summed E-state index contributed by atoms with van der Waals surface area (Å²) in [5.41, 5.74) is -0.714. The Hall–Kier alpha value is -2.45. The molecule has 0 spiro atoms. The molecule has 0 aliphatic rings. The first-order valence-corrected chi connectivity index (χ1v) is 18.5. The van der Waals surface area contributed by atoms with Crippen LogP contribution in [0.4, 0.5) is 0 Å². The first-order chi connectivity index (χ1) is 21.3. The topological polar surface area (TPSA) is 107 Å². The smallest absolute Gasteiger partial charge is 0.340 e. The molecule has 0 atom stereocenters. The van der Waals surface area contributed by atoms with Crippen LogP contribution in [0.3, 0.4) is 0 Å². The molecule has 1 aromatic rings. The summed E-state index contributed by atoms with van der Waals surface area (Å²) < 4.78 is 44.4. The van der Waals surface area contributed by atoms with Crippen LogP contribution in [0, 0.1) is 0 Å². The number of ether oxygens (including phenoxy) is 2. The number of carbonyl (C=O) groups excluding carboxylic acids is 2. The molecule has 0 saturated heterocycles. The summed E-state index contributed by atoms with van der Waals surface area (Å²) >= 11 is 0. The molecule has 0 aromatic heterocycles. The minimum atomic E-state index is -4.76. The van der Waals surface area contributed by atoms with E-state index in [1.54, 1.807) is 0 Å². The molecule has 0 bridgehead atoms. The van der Waals surface area contributed by atoms with Crippen LogP contribution >= 0.6 is 0 Å². The van der Waals surface area contributed by atoms with E-state index >= 15 is 0 Å². The molecule has 0 fully saturated rings. The van der Waals surface area contributed by atoms with Gasteiger partial charge in [0.2, 0.25) is 0 Å². The maximum Gasteiger partial charge on any atom is 0.340 e. The van der Waals surface area contributed by atoms with Crippen LogP contribution < -0.4 is 0 Å². The maximum atomic E-state index is 12.9. The lowest BCUT2D eigenvalue weighted by molar-refractivity contribution is 0.0447. The van der Waals surface area contributed by atoms with E-state index in [1.807, 2.05) is 0 Å². The van der Waals surface area contributed by atoms with Gasteiger partial charge in [0.15, 0.2) is 0 Å². The highest BCUT2D eigenvalue weighted by Crippen LogP contribution is 2.22. The SMILES string of the molecule is CCCCCCC/C=C/CCCCCOC(=O)c1cccc(S(=O)(=O)O)c1C(=O)OCCCCC/C=C/CCCCCCC. The van der Waals surface area contributed by atoms with Crippen molar-refractivity contribution < 1.29 is 32.0 Å². The van der Waals surface area contributed by atoms with Crippen LogP contribution in [0.25, 0.3) is 0 Å². The number of hydrogen-bond donors (Lipinski definition) is 1. The lowest BCUT2D eigenvalue weighted by Gasteiger charge is -2.12. The fourth-order valence-electron chi connectivity index (χ4n) is 4.89. The Balaban J connectivity index is 2.44. The van der Waals surface area contributed by atoms with E-state index in [4.69, 9.17) is 9.47 Å². The molecule has 1 rings (SSSR count). The maximum absolute atomic E-state index is 12.9. The summed E-state index contributed by atoms with van der Waals surface area (Å²) in [6.45, 7) is 4.67. The van der Waals surface area contributed by atoms with Crippen LogP contribution in [0.2, 0.25) is 0 Å². The zero-order chi connectivity index (χ0) is 32.3. The van der Waals surface area contributed by atoms with Gasteiger partial charge in [-0.25, -0.2) is 9.59 Å². The summed E-state index contributed by atoms with van der Waals surface area (Å²) in [6.07, 6.45) is 30.7. The largest absolute Gasteiger partial charge is 0.462 e. The molecule has 250 valence electrons. The van der Waals surface area contributed by atoms with Crippen LogP contribution in [0.15, 0.2) is 47.4 Å². The van der Waals surface area contributed by atoms with Gasteiger partial charge in [-0.2, -0.15) is 8.42 Å². The fourth-order valence-corrected chi connectivity index (χ4v) is 5.59. The minimum Gasteiger partial charge on any atom is -0.462 e. The van der Waals surface area contributed by atoms with Gasteiger partial charge in [0.25, 0.3) is 10.1 Å². The van der Waals surface area contributed by atoms with Crippen LogP contribution in [0.1, 0.15) is 163 Å². The van der Waals surface area contributed by atoms with Gasteiger partial charge in [0.1, 0.15) is 4.90 Å². The number of carbonyl (C=O) groups is 2. The predicted octanol–water partition coefficient (Wildman–Crippen LogP) is 10.2. The molecular weight excluding hydrogens is 576 g/mol. The molecule has 0 aliphatic heterocycles. The Morgan fingerprint density at radius 3 is 1.45 bits per heavy atom. The number of esters is 2. The molecule has 1 N–H and O–H groups in total. The van der Waals surface area contributed by atoms with Crippen molar-refractivity contribution in [2.75, 3.05) is 13.2 Å². The molecule has 1 aromatic carbocycles. The van der Waals surface area contributed by atoms with Gasteiger partial charge < -0.3 is 9.47 Å². The van der Waals surface area contributed by atoms with Gasteiger partial charge in [-0.15, -0.1) is 0 Å².